The third-order valence-corrected chi connectivity index (χ3v) is 2.94. The number of alkyl halides is 1. The summed E-state index contributed by atoms with van der Waals surface area (Å²) in [5, 5.41) is 0. The fraction of sp³-hybridized carbons (Fsp3) is 0.250. The van der Waals surface area contributed by atoms with Gasteiger partial charge in [0.2, 0.25) is 0 Å². The van der Waals surface area contributed by atoms with Crippen LogP contribution in [0.5, 0.6) is 17.2 Å². The molecule has 0 N–H and O–H groups in total. The molecule has 3 heteroatoms. The Hall–Kier alpha value is -1.67. The Bertz CT molecular complexity index is 526. The van der Waals surface area contributed by atoms with Gasteiger partial charge in [-0.3, -0.25) is 0 Å². The van der Waals surface area contributed by atoms with Gasteiger partial charge in [-0.15, -0.1) is 11.6 Å². The first-order valence-electron chi connectivity index (χ1n) is 6.38. The maximum absolute atomic E-state index is 5.92. The van der Waals surface area contributed by atoms with Gasteiger partial charge in [0, 0.05) is 5.56 Å². The Balaban J connectivity index is 2.22. The van der Waals surface area contributed by atoms with Gasteiger partial charge >= 0.3 is 0 Å². The van der Waals surface area contributed by atoms with Crippen LogP contribution in [0.3, 0.4) is 0 Å². The average molecular weight is 277 g/mol. The fourth-order valence-electron chi connectivity index (χ4n) is 1.70. The number of halogens is 1. The Morgan fingerprint density at radius 2 is 1.53 bits per heavy atom. The lowest BCUT2D eigenvalue weighted by molar-refractivity contribution is 0.302. The Kier molecular flexibility index (Phi) is 5.10. The molecule has 0 bridgehead atoms. The molecule has 0 aliphatic heterocycles. The van der Waals surface area contributed by atoms with E-state index in [0.717, 1.165) is 23.5 Å². The zero-order valence-electron chi connectivity index (χ0n) is 10.9. The van der Waals surface area contributed by atoms with Crippen LogP contribution in [0.4, 0.5) is 0 Å². The van der Waals surface area contributed by atoms with Gasteiger partial charge in [0.15, 0.2) is 11.5 Å². The van der Waals surface area contributed by atoms with Gasteiger partial charge in [-0.05, 0) is 24.6 Å². The van der Waals surface area contributed by atoms with Gasteiger partial charge < -0.3 is 9.47 Å². The molecule has 0 heterocycles. The highest BCUT2D eigenvalue weighted by molar-refractivity contribution is 6.17. The highest BCUT2D eigenvalue weighted by Crippen LogP contribution is 2.33. The van der Waals surface area contributed by atoms with Crippen molar-refractivity contribution < 1.29 is 9.47 Å². The van der Waals surface area contributed by atoms with Crippen molar-refractivity contribution in [2.24, 2.45) is 0 Å². The minimum atomic E-state index is 0.425. The monoisotopic (exact) mass is 276 g/mol. The van der Waals surface area contributed by atoms with Crippen molar-refractivity contribution in [3.8, 4) is 17.2 Å². The topological polar surface area (TPSA) is 18.5 Å². The van der Waals surface area contributed by atoms with Crippen LogP contribution in [0.1, 0.15) is 18.9 Å². The Labute approximate surface area is 118 Å². The first-order valence-corrected chi connectivity index (χ1v) is 6.92. The van der Waals surface area contributed by atoms with Gasteiger partial charge in [-0.1, -0.05) is 37.3 Å². The molecule has 0 saturated carbocycles. The molecule has 0 aromatic heterocycles. The van der Waals surface area contributed by atoms with Gasteiger partial charge in [-0.25, -0.2) is 0 Å². The zero-order valence-corrected chi connectivity index (χ0v) is 11.7. The van der Waals surface area contributed by atoms with Crippen molar-refractivity contribution in [1.29, 1.82) is 0 Å². The zero-order chi connectivity index (χ0) is 13.5. The molecule has 0 unspecified atom stereocenters. The van der Waals surface area contributed by atoms with E-state index in [9.17, 15) is 0 Å². The van der Waals surface area contributed by atoms with E-state index in [2.05, 4.69) is 6.92 Å². The van der Waals surface area contributed by atoms with Crippen molar-refractivity contribution in [3.05, 3.63) is 54.1 Å². The maximum atomic E-state index is 5.92. The predicted molar refractivity (Wildman–Crippen MR) is 78.3 cm³/mol. The fourth-order valence-corrected chi connectivity index (χ4v) is 1.92. The molecule has 100 valence electrons. The summed E-state index contributed by atoms with van der Waals surface area (Å²) in [5.74, 6) is 2.67. The van der Waals surface area contributed by atoms with Crippen LogP contribution in [-0.4, -0.2) is 6.61 Å². The lowest BCUT2D eigenvalue weighted by Gasteiger charge is -2.13. The number of hydrogen-bond acceptors (Lipinski definition) is 2. The second kappa shape index (κ2) is 7.05. The molecule has 0 radical (unpaired) electrons. The van der Waals surface area contributed by atoms with Crippen LogP contribution in [0.25, 0.3) is 0 Å². The number of benzene rings is 2. The SMILES string of the molecule is CCCOc1ccccc1Oc1ccccc1CCl. The average Bonchev–Trinajstić information content (AvgIpc) is 2.47. The molecule has 0 atom stereocenters. The highest BCUT2D eigenvalue weighted by Gasteiger charge is 2.08. The van der Waals surface area contributed by atoms with E-state index in [1.165, 1.54) is 0 Å². The lowest BCUT2D eigenvalue weighted by atomic mass is 10.2. The summed E-state index contributed by atoms with van der Waals surface area (Å²) in [6.07, 6.45) is 0.965. The van der Waals surface area contributed by atoms with Crippen LogP contribution >= 0.6 is 11.6 Å². The summed E-state index contributed by atoms with van der Waals surface area (Å²) in [4.78, 5) is 0. The van der Waals surface area contributed by atoms with E-state index in [4.69, 9.17) is 21.1 Å². The molecule has 0 aliphatic carbocycles. The summed E-state index contributed by atoms with van der Waals surface area (Å²) in [6, 6.07) is 15.4. The van der Waals surface area contributed by atoms with Crippen molar-refractivity contribution in [2.45, 2.75) is 19.2 Å². The largest absolute Gasteiger partial charge is 0.490 e. The van der Waals surface area contributed by atoms with E-state index in [-0.39, 0.29) is 0 Å². The summed E-state index contributed by atoms with van der Waals surface area (Å²) in [5.41, 5.74) is 0.967. The predicted octanol–water partition coefficient (Wildman–Crippen LogP) is 5.01. The number of rotatable bonds is 6. The van der Waals surface area contributed by atoms with E-state index in [1.54, 1.807) is 0 Å². The quantitative estimate of drug-likeness (QED) is 0.691. The van der Waals surface area contributed by atoms with Gasteiger partial charge in [0.05, 0.1) is 12.5 Å². The molecule has 0 aliphatic rings. The molecule has 0 amide bonds. The number of hydrogen-bond donors (Lipinski definition) is 0. The van der Waals surface area contributed by atoms with Crippen molar-refractivity contribution in [3.63, 3.8) is 0 Å². The second-order valence-electron chi connectivity index (χ2n) is 4.14. The molecule has 2 rings (SSSR count). The van der Waals surface area contributed by atoms with E-state index in [0.29, 0.717) is 18.2 Å². The molecule has 0 saturated heterocycles. The van der Waals surface area contributed by atoms with Crippen molar-refractivity contribution in [2.75, 3.05) is 6.61 Å². The standard InChI is InChI=1S/C16H17ClO2/c1-2-11-18-15-9-5-6-10-16(15)19-14-8-4-3-7-13(14)12-17/h3-10H,2,11-12H2,1H3. The molecule has 2 aromatic rings. The highest BCUT2D eigenvalue weighted by atomic mass is 35.5. The Morgan fingerprint density at radius 3 is 2.21 bits per heavy atom. The summed E-state index contributed by atoms with van der Waals surface area (Å²) in [6.45, 7) is 2.75. The lowest BCUT2D eigenvalue weighted by Crippen LogP contribution is -1.98. The minimum absolute atomic E-state index is 0.425. The summed E-state index contributed by atoms with van der Waals surface area (Å²) in [7, 11) is 0. The van der Waals surface area contributed by atoms with Gasteiger partial charge in [0.1, 0.15) is 5.75 Å². The van der Waals surface area contributed by atoms with Crippen molar-refractivity contribution >= 4 is 11.6 Å². The molecule has 2 nitrogen and oxygen atoms in total. The van der Waals surface area contributed by atoms with E-state index < -0.39 is 0 Å². The van der Waals surface area contributed by atoms with Crippen LogP contribution in [0.15, 0.2) is 48.5 Å². The molecular weight excluding hydrogens is 260 g/mol. The molecule has 0 spiro atoms. The third-order valence-electron chi connectivity index (χ3n) is 2.65. The van der Waals surface area contributed by atoms with Crippen LogP contribution < -0.4 is 9.47 Å². The third kappa shape index (κ3) is 3.65. The maximum Gasteiger partial charge on any atom is 0.169 e. The first kappa shape index (κ1) is 13.8. The number of para-hydroxylation sites is 3. The molecule has 2 aromatic carbocycles. The Morgan fingerprint density at radius 1 is 0.895 bits per heavy atom. The molecule has 0 fully saturated rings. The van der Waals surface area contributed by atoms with Crippen molar-refractivity contribution in [1.82, 2.24) is 0 Å². The summed E-state index contributed by atoms with van der Waals surface area (Å²) < 4.78 is 11.6. The van der Waals surface area contributed by atoms with Crippen LogP contribution in [0.2, 0.25) is 0 Å². The van der Waals surface area contributed by atoms with E-state index >= 15 is 0 Å². The minimum Gasteiger partial charge on any atom is -0.490 e. The van der Waals surface area contributed by atoms with E-state index in [1.807, 2.05) is 48.5 Å². The number of ether oxygens (including phenoxy) is 2. The van der Waals surface area contributed by atoms with Gasteiger partial charge in [-0.2, -0.15) is 0 Å². The van der Waals surface area contributed by atoms with Crippen LogP contribution in [-0.2, 0) is 5.88 Å². The normalized spacial score (nSPS) is 10.2. The summed E-state index contributed by atoms with van der Waals surface area (Å²) >= 11 is 5.91. The molecule has 19 heavy (non-hydrogen) atoms. The van der Waals surface area contributed by atoms with Gasteiger partial charge in [0.25, 0.3) is 0 Å². The van der Waals surface area contributed by atoms with Crippen LogP contribution in [0, 0.1) is 0 Å². The second-order valence-corrected chi connectivity index (χ2v) is 4.41. The molecular formula is C16H17ClO2. The smallest absolute Gasteiger partial charge is 0.169 e. The first-order chi connectivity index (χ1) is 9.35.